The zero-order valence-electron chi connectivity index (χ0n) is 16.2. The Kier molecular flexibility index (Phi) is 5.42. The Labute approximate surface area is 176 Å². The molecule has 0 unspecified atom stereocenters. The second-order valence-electron chi connectivity index (χ2n) is 7.41. The highest BCUT2D eigenvalue weighted by molar-refractivity contribution is 6.31. The van der Waals surface area contributed by atoms with Gasteiger partial charge in [0.1, 0.15) is 5.82 Å². The molecule has 4 nitrogen and oxygen atoms in total. The topological polar surface area (TPSA) is 49.0 Å². The molecule has 0 saturated carbocycles. The number of hydrogen-bond acceptors (Lipinski definition) is 3. The molecule has 2 aromatic carbocycles. The number of benzene rings is 2. The summed E-state index contributed by atoms with van der Waals surface area (Å²) in [4.78, 5) is 22.1. The van der Waals surface area contributed by atoms with Gasteiger partial charge in [0.25, 0.3) is 5.56 Å². The van der Waals surface area contributed by atoms with Gasteiger partial charge < -0.3 is 4.98 Å². The van der Waals surface area contributed by atoms with Gasteiger partial charge in [-0.15, -0.1) is 0 Å². The summed E-state index contributed by atoms with van der Waals surface area (Å²) in [6.07, 6.45) is -3.82. The number of aromatic amines is 1. The predicted molar refractivity (Wildman–Crippen MR) is 109 cm³/mol. The molecule has 0 spiro atoms. The third kappa shape index (κ3) is 4.13. The van der Waals surface area contributed by atoms with Crippen molar-refractivity contribution in [3.63, 3.8) is 0 Å². The van der Waals surface area contributed by atoms with Gasteiger partial charge in [0.05, 0.1) is 16.8 Å². The molecular formula is C22H19ClF3N3O. The molecule has 0 atom stereocenters. The minimum atomic E-state index is -4.40. The maximum Gasteiger partial charge on any atom is 0.416 e. The molecule has 1 N–H and O–H groups in total. The lowest BCUT2D eigenvalue weighted by Crippen LogP contribution is -2.35. The highest BCUT2D eigenvalue weighted by atomic mass is 35.5. The molecule has 0 fully saturated rings. The van der Waals surface area contributed by atoms with E-state index < -0.39 is 11.7 Å². The third-order valence-corrected chi connectivity index (χ3v) is 5.72. The first kappa shape index (κ1) is 20.6. The Balaban J connectivity index is 1.58. The largest absolute Gasteiger partial charge is 0.416 e. The Hall–Kier alpha value is -2.64. The van der Waals surface area contributed by atoms with Crippen molar-refractivity contribution in [2.24, 2.45) is 0 Å². The number of nitrogens with one attached hydrogen (secondary N) is 1. The minimum Gasteiger partial charge on any atom is -0.306 e. The van der Waals surface area contributed by atoms with Crippen molar-refractivity contribution >= 4 is 11.6 Å². The molecule has 0 bridgehead atoms. The van der Waals surface area contributed by atoms with Gasteiger partial charge in [-0.05, 0) is 36.2 Å². The van der Waals surface area contributed by atoms with E-state index in [0.717, 1.165) is 23.3 Å². The summed E-state index contributed by atoms with van der Waals surface area (Å²) >= 11 is 6.33. The second kappa shape index (κ2) is 7.89. The summed E-state index contributed by atoms with van der Waals surface area (Å²) in [7, 11) is 0. The Morgan fingerprint density at radius 1 is 1.17 bits per heavy atom. The fraction of sp³-hybridized carbons (Fsp3) is 0.273. The molecule has 156 valence electrons. The Morgan fingerprint density at radius 2 is 1.90 bits per heavy atom. The number of aromatic nitrogens is 2. The van der Waals surface area contributed by atoms with Gasteiger partial charge in [-0.3, -0.25) is 9.69 Å². The van der Waals surface area contributed by atoms with Crippen molar-refractivity contribution in [1.29, 1.82) is 0 Å². The highest BCUT2D eigenvalue weighted by Crippen LogP contribution is 2.30. The van der Waals surface area contributed by atoms with Crippen LogP contribution in [0.15, 0.2) is 47.3 Å². The van der Waals surface area contributed by atoms with Gasteiger partial charge in [-0.1, -0.05) is 35.9 Å². The first-order valence-electron chi connectivity index (χ1n) is 9.48. The van der Waals surface area contributed by atoms with Crippen LogP contribution in [-0.4, -0.2) is 21.4 Å². The fourth-order valence-corrected chi connectivity index (χ4v) is 3.94. The molecule has 4 rings (SSSR count). The van der Waals surface area contributed by atoms with E-state index in [-0.39, 0.29) is 11.4 Å². The molecule has 0 amide bonds. The van der Waals surface area contributed by atoms with Crippen LogP contribution in [0, 0.1) is 6.92 Å². The summed E-state index contributed by atoms with van der Waals surface area (Å²) in [5, 5.41) is 0.700. The Morgan fingerprint density at radius 3 is 2.57 bits per heavy atom. The number of rotatable bonds is 3. The monoisotopic (exact) mass is 433 g/mol. The lowest BCUT2D eigenvalue weighted by Gasteiger charge is -2.28. The second-order valence-corrected chi connectivity index (χ2v) is 7.82. The van der Waals surface area contributed by atoms with Crippen molar-refractivity contribution in [2.45, 2.75) is 32.6 Å². The number of fused-ring (bicyclic) bond motifs is 1. The van der Waals surface area contributed by atoms with Gasteiger partial charge in [0, 0.05) is 36.6 Å². The summed E-state index contributed by atoms with van der Waals surface area (Å²) in [6, 6.07) is 10.4. The molecule has 0 radical (unpaired) electrons. The number of hydrogen-bond donors (Lipinski definition) is 1. The number of aryl methyl sites for hydroxylation is 1. The van der Waals surface area contributed by atoms with Crippen LogP contribution in [0.4, 0.5) is 13.2 Å². The molecule has 1 aromatic heterocycles. The maximum absolute atomic E-state index is 12.8. The zero-order chi connectivity index (χ0) is 21.5. The van der Waals surface area contributed by atoms with E-state index in [1.165, 1.54) is 12.1 Å². The van der Waals surface area contributed by atoms with Crippen molar-refractivity contribution in [3.8, 4) is 11.4 Å². The van der Waals surface area contributed by atoms with Crippen molar-refractivity contribution < 1.29 is 13.2 Å². The zero-order valence-corrected chi connectivity index (χ0v) is 16.9. The van der Waals surface area contributed by atoms with Crippen molar-refractivity contribution in [1.82, 2.24) is 14.9 Å². The number of nitrogens with zero attached hydrogens (tertiary/aromatic N) is 2. The van der Waals surface area contributed by atoms with Gasteiger partial charge in [0.15, 0.2) is 0 Å². The van der Waals surface area contributed by atoms with Gasteiger partial charge in [-0.25, -0.2) is 4.98 Å². The molecule has 30 heavy (non-hydrogen) atoms. The van der Waals surface area contributed by atoms with Crippen LogP contribution in [0.3, 0.4) is 0 Å². The van der Waals surface area contributed by atoms with Gasteiger partial charge in [0.2, 0.25) is 0 Å². The highest BCUT2D eigenvalue weighted by Gasteiger charge is 2.30. The quantitative estimate of drug-likeness (QED) is 0.634. The predicted octanol–water partition coefficient (Wildman–Crippen LogP) is 4.98. The first-order valence-corrected chi connectivity index (χ1v) is 9.86. The molecular weight excluding hydrogens is 415 g/mol. The first-order chi connectivity index (χ1) is 14.2. The number of H-pyrrole nitrogens is 1. The van der Waals surface area contributed by atoms with Crippen LogP contribution in [-0.2, 0) is 25.7 Å². The summed E-state index contributed by atoms with van der Waals surface area (Å²) in [5.74, 6) is 0.280. The van der Waals surface area contributed by atoms with Crippen LogP contribution in [0.1, 0.15) is 27.9 Å². The standard InChI is InChI=1S/C22H19ClF3N3O/c1-13-3-2-4-18(23)16(13)11-29-10-9-19-17(12-29)21(30)28-20(27-19)14-5-7-15(8-6-14)22(24,25)26/h2-8H,9-12H2,1H3,(H,27,28,30). The smallest absolute Gasteiger partial charge is 0.306 e. The average Bonchev–Trinajstić information content (AvgIpc) is 2.70. The number of halogens is 4. The van der Waals surface area contributed by atoms with E-state index >= 15 is 0 Å². The van der Waals surface area contributed by atoms with Gasteiger partial charge in [-0.2, -0.15) is 13.2 Å². The van der Waals surface area contributed by atoms with Crippen molar-refractivity contribution in [3.05, 3.63) is 85.8 Å². The Bertz CT molecular complexity index is 1120. The molecule has 2 heterocycles. The van der Waals surface area contributed by atoms with Crippen LogP contribution in [0.5, 0.6) is 0 Å². The number of alkyl halides is 3. The third-order valence-electron chi connectivity index (χ3n) is 5.37. The molecule has 0 aliphatic carbocycles. The van der Waals surface area contributed by atoms with Crippen LogP contribution in [0.2, 0.25) is 5.02 Å². The average molecular weight is 434 g/mol. The van der Waals surface area contributed by atoms with Crippen LogP contribution < -0.4 is 5.56 Å². The summed E-state index contributed by atoms with van der Waals surface area (Å²) in [6.45, 7) is 3.78. The van der Waals surface area contributed by atoms with E-state index in [4.69, 9.17) is 11.6 Å². The van der Waals surface area contributed by atoms with Crippen LogP contribution in [0.25, 0.3) is 11.4 Å². The molecule has 3 aromatic rings. The van der Waals surface area contributed by atoms with E-state index in [0.29, 0.717) is 47.9 Å². The minimum absolute atomic E-state index is 0.268. The van der Waals surface area contributed by atoms with E-state index in [2.05, 4.69) is 14.9 Å². The summed E-state index contributed by atoms with van der Waals surface area (Å²) < 4.78 is 38.3. The fourth-order valence-electron chi connectivity index (χ4n) is 3.66. The van der Waals surface area contributed by atoms with Crippen LogP contribution >= 0.6 is 11.6 Å². The molecule has 0 saturated heterocycles. The van der Waals surface area contributed by atoms with E-state index in [1.807, 2.05) is 25.1 Å². The van der Waals surface area contributed by atoms with Crippen molar-refractivity contribution in [2.75, 3.05) is 6.54 Å². The maximum atomic E-state index is 12.8. The normalized spacial score (nSPS) is 14.6. The SMILES string of the molecule is Cc1cccc(Cl)c1CN1CCc2nc(-c3ccc(C(F)(F)F)cc3)[nH]c(=O)c2C1. The lowest BCUT2D eigenvalue weighted by molar-refractivity contribution is -0.137. The molecule has 1 aliphatic rings. The van der Waals surface area contributed by atoms with E-state index in [9.17, 15) is 18.0 Å². The van der Waals surface area contributed by atoms with Gasteiger partial charge >= 0.3 is 6.18 Å². The molecule has 1 aliphatic heterocycles. The van der Waals surface area contributed by atoms with E-state index in [1.54, 1.807) is 0 Å². The lowest BCUT2D eigenvalue weighted by atomic mass is 10.0. The molecule has 8 heteroatoms. The summed E-state index contributed by atoms with van der Waals surface area (Å²) in [5.41, 5.74) is 2.83.